The van der Waals surface area contributed by atoms with Gasteiger partial charge in [0.05, 0.1) is 13.2 Å². The smallest absolute Gasteiger partial charge is 0.350 e. The molecule has 6 heteroatoms. The minimum absolute atomic E-state index is 0. The molecule has 0 bridgehead atoms. The zero-order valence-corrected chi connectivity index (χ0v) is 13.6. The Bertz CT molecular complexity index is 643. The number of hydrogen-bond acceptors (Lipinski definition) is 2. The van der Waals surface area contributed by atoms with Crippen molar-refractivity contribution in [3.05, 3.63) is 68.7 Å². The minimum atomic E-state index is -1.00. The van der Waals surface area contributed by atoms with Crippen LogP contribution in [-0.2, 0) is 15.3 Å². The molecule has 0 aliphatic carbocycles. The molecule has 2 aromatic carbocycles. The quantitative estimate of drug-likeness (QED) is 0.614. The first kappa shape index (κ1) is 17.2. The summed E-state index contributed by atoms with van der Waals surface area (Å²) in [5.74, 6) is -1.00. The van der Waals surface area contributed by atoms with E-state index in [1.54, 1.807) is 18.2 Å². The predicted octanol–water partition coefficient (Wildman–Crippen LogP) is 1.70. The van der Waals surface area contributed by atoms with Crippen LogP contribution in [0.1, 0.15) is 11.1 Å². The van der Waals surface area contributed by atoms with E-state index in [1.165, 1.54) is 0 Å². The zero-order valence-electron chi connectivity index (χ0n) is 11.3. The van der Waals surface area contributed by atoms with Crippen LogP contribution in [0, 0.1) is 6.07 Å². The summed E-state index contributed by atoms with van der Waals surface area (Å²) in [5.41, 5.74) is 1.56. The van der Waals surface area contributed by atoms with Gasteiger partial charge in [0, 0.05) is 10.6 Å². The first-order valence-electron chi connectivity index (χ1n) is 6.03. The third-order valence-corrected chi connectivity index (χ3v) is 4.07. The Kier molecular flexibility index (Phi) is 5.68. The van der Waals surface area contributed by atoms with Crippen molar-refractivity contribution >= 4 is 34.8 Å². The summed E-state index contributed by atoms with van der Waals surface area (Å²) in [7, 11) is 0. The molecule has 1 aliphatic rings. The van der Waals surface area contributed by atoms with Gasteiger partial charge in [0.2, 0.25) is 0 Å². The summed E-state index contributed by atoms with van der Waals surface area (Å²) in [6, 6.07) is 13.7. The minimum Gasteiger partial charge on any atom is -0.350 e. The summed E-state index contributed by atoms with van der Waals surface area (Å²) < 4.78 is 11.7. The van der Waals surface area contributed by atoms with Gasteiger partial charge in [-0.2, -0.15) is 23.7 Å². The molecule has 21 heavy (non-hydrogen) atoms. The molecule has 2 aromatic rings. The van der Waals surface area contributed by atoms with Gasteiger partial charge in [-0.05, 0) is 12.1 Å². The van der Waals surface area contributed by atoms with Crippen LogP contribution in [0.2, 0.25) is 15.1 Å². The molecular weight excluding hydrogens is 325 g/mol. The van der Waals surface area contributed by atoms with Crippen LogP contribution in [0.25, 0.3) is 0 Å². The van der Waals surface area contributed by atoms with Crippen LogP contribution in [0.3, 0.4) is 0 Å². The summed E-state index contributed by atoms with van der Waals surface area (Å²) in [6.07, 6.45) is 0. The molecule has 1 fully saturated rings. The number of benzene rings is 2. The van der Waals surface area contributed by atoms with Gasteiger partial charge in [0.15, 0.2) is 5.79 Å². The van der Waals surface area contributed by atoms with Crippen molar-refractivity contribution in [2.75, 3.05) is 13.2 Å². The Morgan fingerprint density at radius 1 is 1.00 bits per heavy atom. The molecule has 104 valence electrons. The summed E-state index contributed by atoms with van der Waals surface area (Å²) in [6.45, 7) is 0.986. The van der Waals surface area contributed by atoms with Crippen LogP contribution >= 0.6 is 34.8 Å². The maximum absolute atomic E-state index is 6.07. The van der Waals surface area contributed by atoms with E-state index >= 15 is 0 Å². The van der Waals surface area contributed by atoms with E-state index in [2.05, 4.69) is 6.07 Å². The molecule has 0 N–H and O–H groups in total. The first-order chi connectivity index (χ1) is 9.62. The maximum atomic E-state index is 6.07. The van der Waals surface area contributed by atoms with Gasteiger partial charge in [-0.25, -0.2) is 0 Å². The van der Waals surface area contributed by atoms with Crippen molar-refractivity contribution < 1.29 is 28.3 Å². The van der Waals surface area contributed by atoms with Gasteiger partial charge in [0.1, 0.15) is 0 Å². The molecule has 0 radical (unpaired) electrons. The standard InChI is InChI=1S/C15H10Cl3O2.Li/c16-12-3-1-2-10(8-12)15(19-6-7-20-15)11-4-5-13(17)14(18)9-11;/h1-4,8-9H,6-7H2;/q-1;+1. The number of halogens is 3. The average Bonchev–Trinajstić information content (AvgIpc) is 2.92. The van der Waals surface area contributed by atoms with Gasteiger partial charge < -0.3 is 9.47 Å². The Labute approximate surface area is 150 Å². The van der Waals surface area contributed by atoms with Gasteiger partial charge in [-0.15, -0.1) is 17.7 Å². The topological polar surface area (TPSA) is 18.5 Å². The van der Waals surface area contributed by atoms with E-state index in [0.717, 1.165) is 11.1 Å². The van der Waals surface area contributed by atoms with Gasteiger partial charge >= 0.3 is 18.9 Å². The molecule has 1 saturated heterocycles. The third kappa shape index (κ3) is 3.28. The Morgan fingerprint density at radius 3 is 2.33 bits per heavy atom. The Hall–Kier alpha value is -0.173. The van der Waals surface area contributed by atoms with Gasteiger partial charge in [-0.1, -0.05) is 39.3 Å². The first-order valence-corrected chi connectivity index (χ1v) is 7.16. The number of rotatable bonds is 2. The summed E-state index contributed by atoms with van der Waals surface area (Å²) in [4.78, 5) is 0. The third-order valence-electron chi connectivity index (χ3n) is 3.12. The van der Waals surface area contributed by atoms with Crippen molar-refractivity contribution in [2.24, 2.45) is 0 Å². The summed E-state index contributed by atoms with van der Waals surface area (Å²) in [5, 5.41) is 1.39. The van der Waals surface area contributed by atoms with Crippen molar-refractivity contribution in [1.82, 2.24) is 0 Å². The fourth-order valence-corrected chi connectivity index (χ4v) is 2.72. The molecule has 0 unspecified atom stereocenters. The van der Waals surface area contributed by atoms with Crippen molar-refractivity contribution in [2.45, 2.75) is 5.79 Å². The van der Waals surface area contributed by atoms with Crippen LogP contribution < -0.4 is 18.9 Å². The monoisotopic (exact) mass is 334 g/mol. The van der Waals surface area contributed by atoms with Crippen molar-refractivity contribution in [3.63, 3.8) is 0 Å². The average molecular weight is 336 g/mol. The van der Waals surface area contributed by atoms with Crippen LogP contribution in [0.4, 0.5) is 0 Å². The maximum Gasteiger partial charge on any atom is 1.00 e. The molecular formula is C15H10Cl3LiO2. The largest absolute Gasteiger partial charge is 1.00 e. The second kappa shape index (κ2) is 6.94. The van der Waals surface area contributed by atoms with E-state index in [9.17, 15) is 0 Å². The number of hydrogen-bond donors (Lipinski definition) is 0. The van der Waals surface area contributed by atoms with Crippen molar-refractivity contribution in [1.29, 1.82) is 0 Å². The number of ether oxygens (including phenoxy) is 2. The molecule has 2 nitrogen and oxygen atoms in total. The normalized spacial score (nSPS) is 16.5. The molecule has 0 amide bonds. The predicted molar refractivity (Wildman–Crippen MR) is 79.4 cm³/mol. The molecule has 0 atom stereocenters. The summed E-state index contributed by atoms with van der Waals surface area (Å²) >= 11 is 18.0. The van der Waals surface area contributed by atoms with Gasteiger partial charge in [0.25, 0.3) is 0 Å². The van der Waals surface area contributed by atoms with Crippen LogP contribution in [0.5, 0.6) is 0 Å². The van der Waals surface area contributed by atoms with E-state index in [0.29, 0.717) is 28.3 Å². The van der Waals surface area contributed by atoms with Crippen LogP contribution in [0.15, 0.2) is 36.4 Å². The molecule has 3 rings (SSSR count). The van der Waals surface area contributed by atoms with E-state index in [4.69, 9.17) is 44.3 Å². The Balaban J connectivity index is 0.00000161. The van der Waals surface area contributed by atoms with E-state index in [-0.39, 0.29) is 18.9 Å². The molecule has 0 saturated carbocycles. The second-order valence-corrected chi connectivity index (χ2v) is 5.60. The second-order valence-electron chi connectivity index (χ2n) is 4.37. The van der Waals surface area contributed by atoms with E-state index in [1.807, 2.05) is 18.2 Å². The SMILES string of the molecule is Clc1cccc(C2(c3c[c-]c(Cl)c(Cl)c3)OCCO2)c1.[Li+]. The molecule has 0 spiro atoms. The van der Waals surface area contributed by atoms with Gasteiger partial charge in [-0.3, -0.25) is 0 Å². The molecule has 0 aromatic heterocycles. The van der Waals surface area contributed by atoms with Crippen LogP contribution in [-0.4, -0.2) is 13.2 Å². The molecule has 1 aliphatic heterocycles. The Morgan fingerprint density at radius 2 is 1.71 bits per heavy atom. The zero-order chi connectivity index (χ0) is 14.2. The fourth-order valence-electron chi connectivity index (χ4n) is 2.25. The fraction of sp³-hybridized carbons (Fsp3) is 0.200. The van der Waals surface area contributed by atoms with E-state index < -0.39 is 5.79 Å². The van der Waals surface area contributed by atoms with Crippen molar-refractivity contribution in [3.8, 4) is 0 Å². The molecule has 1 heterocycles.